The van der Waals surface area contributed by atoms with Gasteiger partial charge in [-0.15, -0.1) is 0 Å². The van der Waals surface area contributed by atoms with Crippen molar-refractivity contribution < 1.29 is 18.0 Å². The predicted molar refractivity (Wildman–Crippen MR) is 82.3 cm³/mol. The molecule has 0 aliphatic carbocycles. The van der Waals surface area contributed by atoms with Gasteiger partial charge in [-0.05, 0) is 18.6 Å². The van der Waals surface area contributed by atoms with Gasteiger partial charge in [0, 0.05) is 33.3 Å². The summed E-state index contributed by atoms with van der Waals surface area (Å²) in [5.74, 6) is -0.737. The summed E-state index contributed by atoms with van der Waals surface area (Å²) in [6.45, 7) is 1.95. The molecule has 1 unspecified atom stereocenters. The van der Waals surface area contributed by atoms with Gasteiger partial charge in [0.15, 0.2) is 9.84 Å². The van der Waals surface area contributed by atoms with Gasteiger partial charge in [0.1, 0.15) is 5.69 Å². The number of aromatic nitrogens is 1. The first kappa shape index (κ1) is 16.5. The van der Waals surface area contributed by atoms with Crippen molar-refractivity contribution in [3.8, 4) is 0 Å². The number of nitrogens with one attached hydrogen (secondary N) is 1. The van der Waals surface area contributed by atoms with Crippen LogP contribution in [0.4, 0.5) is 0 Å². The fraction of sp³-hybridized carbons (Fsp3) is 0.571. The topological polar surface area (TPSA) is 88.5 Å². The number of sulfone groups is 1. The standard InChI is InChI=1S/C14H21N3O4S/c1-10-4-5-16(3)13(10)14(19)17-6-7-22(20,21)9-11(17)8-12(18)15-2/h4-5,11H,6-9H2,1-3H3,(H,15,18). The molecule has 0 bridgehead atoms. The molecule has 8 heteroatoms. The lowest BCUT2D eigenvalue weighted by Crippen LogP contribution is -2.53. The molecule has 0 aromatic carbocycles. The minimum Gasteiger partial charge on any atom is -0.359 e. The SMILES string of the molecule is CNC(=O)CC1CS(=O)(=O)CCN1C(=O)c1c(C)ccn1C. The Hall–Kier alpha value is -1.83. The smallest absolute Gasteiger partial charge is 0.271 e. The zero-order valence-electron chi connectivity index (χ0n) is 13.0. The van der Waals surface area contributed by atoms with E-state index >= 15 is 0 Å². The van der Waals surface area contributed by atoms with E-state index in [4.69, 9.17) is 0 Å². The van der Waals surface area contributed by atoms with Crippen LogP contribution in [-0.4, -0.2) is 60.8 Å². The zero-order chi connectivity index (χ0) is 16.5. The van der Waals surface area contributed by atoms with E-state index < -0.39 is 15.9 Å². The fourth-order valence-electron chi connectivity index (χ4n) is 2.75. The van der Waals surface area contributed by atoms with Gasteiger partial charge in [-0.1, -0.05) is 0 Å². The molecule has 2 heterocycles. The Labute approximate surface area is 130 Å². The molecule has 2 rings (SSSR count). The van der Waals surface area contributed by atoms with Crippen molar-refractivity contribution in [2.45, 2.75) is 19.4 Å². The molecule has 1 aromatic rings. The first-order valence-corrected chi connectivity index (χ1v) is 8.91. The normalized spacial score (nSPS) is 20.7. The number of rotatable bonds is 3. The summed E-state index contributed by atoms with van der Waals surface area (Å²) in [7, 11) is 0.0438. The van der Waals surface area contributed by atoms with Crippen LogP contribution in [0.2, 0.25) is 0 Å². The van der Waals surface area contributed by atoms with Crippen molar-refractivity contribution in [3.05, 3.63) is 23.5 Å². The molecule has 1 atom stereocenters. The van der Waals surface area contributed by atoms with Gasteiger partial charge in [0.25, 0.3) is 5.91 Å². The van der Waals surface area contributed by atoms with E-state index in [9.17, 15) is 18.0 Å². The predicted octanol–water partition coefficient (Wildman–Crippen LogP) is -0.291. The first-order chi connectivity index (χ1) is 10.2. The molecule has 1 saturated heterocycles. The number of carbonyl (C=O) groups is 2. The van der Waals surface area contributed by atoms with Crippen LogP contribution in [0.25, 0.3) is 0 Å². The largest absolute Gasteiger partial charge is 0.359 e. The van der Waals surface area contributed by atoms with Crippen molar-refractivity contribution in [2.24, 2.45) is 7.05 Å². The quantitative estimate of drug-likeness (QED) is 0.826. The Bertz CT molecular complexity index is 673. The summed E-state index contributed by atoms with van der Waals surface area (Å²) in [6, 6.07) is 1.21. The second-order valence-electron chi connectivity index (χ2n) is 5.60. The van der Waals surface area contributed by atoms with Crippen LogP contribution in [0.1, 0.15) is 22.5 Å². The monoisotopic (exact) mass is 327 g/mol. The lowest BCUT2D eigenvalue weighted by atomic mass is 10.1. The Morgan fingerprint density at radius 1 is 1.41 bits per heavy atom. The second kappa shape index (κ2) is 6.12. The number of nitrogens with zero attached hydrogens (tertiary/aromatic N) is 2. The number of amides is 2. The van der Waals surface area contributed by atoms with Crippen molar-refractivity contribution in [3.63, 3.8) is 0 Å². The minimum absolute atomic E-state index is 0.00899. The van der Waals surface area contributed by atoms with E-state index in [0.717, 1.165) is 5.56 Å². The van der Waals surface area contributed by atoms with E-state index in [-0.39, 0.29) is 36.3 Å². The van der Waals surface area contributed by atoms with Crippen molar-refractivity contribution in [2.75, 3.05) is 25.1 Å². The number of hydrogen-bond acceptors (Lipinski definition) is 4. The highest BCUT2D eigenvalue weighted by atomic mass is 32.2. The summed E-state index contributed by atoms with van der Waals surface area (Å²) in [5, 5.41) is 2.48. The molecule has 7 nitrogen and oxygen atoms in total. The van der Waals surface area contributed by atoms with E-state index in [1.165, 1.54) is 11.9 Å². The van der Waals surface area contributed by atoms with E-state index in [1.54, 1.807) is 17.8 Å². The molecule has 0 spiro atoms. The highest BCUT2D eigenvalue weighted by Crippen LogP contribution is 2.20. The van der Waals surface area contributed by atoms with Gasteiger partial charge in [-0.25, -0.2) is 8.42 Å². The highest BCUT2D eigenvalue weighted by molar-refractivity contribution is 7.91. The second-order valence-corrected chi connectivity index (χ2v) is 7.83. The summed E-state index contributed by atoms with van der Waals surface area (Å²) < 4.78 is 25.4. The van der Waals surface area contributed by atoms with Gasteiger partial charge >= 0.3 is 0 Å². The van der Waals surface area contributed by atoms with Crippen LogP contribution in [0.3, 0.4) is 0 Å². The third-order valence-electron chi connectivity index (χ3n) is 3.97. The van der Waals surface area contributed by atoms with Crippen LogP contribution in [0.5, 0.6) is 0 Å². The Kier molecular flexibility index (Phi) is 4.60. The van der Waals surface area contributed by atoms with E-state index in [2.05, 4.69) is 5.32 Å². The maximum atomic E-state index is 12.8. The Morgan fingerprint density at radius 3 is 2.64 bits per heavy atom. The van der Waals surface area contributed by atoms with E-state index in [0.29, 0.717) is 5.69 Å². The molecular weight excluding hydrogens is 306 g/mol. The highest BCUT2D eigenvalue weighted by Gasteiger charge is 2.36. The van der Waals surface area contributed by atoms with Crippen LogP contribution in [0.15, 0.2) is 12.3 Å². The molecule has 1 aliphatic heterocycles. The molecule has 0 saturated carbocycles. The third-order valence-corrected chi connectivity index (χ3v) is 5.67. The van der Waals surface area contributed by atoms with Gasteiger partial charge < -0.3 is 14.8 Å². The lowest BCUT2D eigenvalue weighted by molar-refractivity contribution is -0.121. The molecule has 22 heavy (non-hydrogen) atoms. The number of carbonyl (C=O) groups excluding carboxylic acids is 2. The molecule has 122 valence electrons. The summed E-state index contributed by atoms with van der Waals surface area (Å²) in [4.78, 5) is 25.9. The molecule has 0 radical (unpaired) electrons. The minimum atomic E-state index is -3.22. The van der Waals surface area contributed by atoms with Crippen molar-refractivity contribution in [1.29, 1.82) is 0 Å². The lowest BCUT2D eigenvalue weighted by Gasteiger charge is -2.35. The van der Waals surface area contributed by atoms with Crippen molar-refractivity contribution in [1.82, 2.24) is 14.8 Å². The van der Waals surface area contributed by atoms with Gasteiger partial charge in [0.2, 0.25) is 5.91 Å². The maximum absolute atomic E-state index is 12.8. The molecule has 1 N–H and O–H groups in total. The zero-order valence-corrected chi connectivity index (χ0v) is 13.8. The molecule has 1 aliphatic rings. The molecule has 1 aromatic heterocycles. The molecule has 1 fully saturated rings. The molecule has 2 amide bonds. The van der Waals surface area contributed by atoms with E-state index in [1.807, 2.05) is 13.0 Å². The van der Waals surface area contributed by atoms with Gasteiger partial charge in [0.05, 0.1) is 17.5 Å². The summed E-state index contributed by atoms with van der Waals surface area (Å²) in [5.41, 5.74) is 1.36. The average Bonchev–Trinajstić information content (AvgIpc) is 2.76. The van der Waals surface area contributed by atoms with Crippen molar-refractivity contribution >= 4 is 21.7 Å². The van der Waals surface area contributed by atoms with Crippen LogP contribution in [0, 0.1) is 6.92 Å². The van der Waals surface area contributed by atoms with Gasteiger partial charge in [-0.3, -0.25) is 9.59 Å². The average molecular weight is 327 g/mol. The van der Waals surface area contributed by atoms with Crippen LogP contribution >= 0.6 is 0 Å². The Morgan fingerprint density at radius 2 is 2.09 bits per heavy atom. The van der Waals surface area contributed by atoms with Crippen LogP contribution < -0.4 is 5.32 Å². The number of aryl methyl sites for hydroxylation is 2. The summed E-state index contributed by atoms with van der Waals surface area (Å²) >= 11 is 0. The third kappa shape index (κ3) is 3.32. The maximum Gasteiger partial charge on any atom is 0.271 e. The van der Waals surface area contributed by atoms with Crippen LogP contribution in [-0.2, 0) is 21.7 Å². The molecular formula is C14H21N3O4S. The fourth-order valence-corrected chi connectivity index (χ4v) is 4.28. The Balaban J connectivity index is 2.30. The number of hydrogen-bond donors (Lipinski definition) is 1. The first-order valence-electron chi connectivity index (χ1n) is 7.09. The summed E-state index contributed by atoms with van der Waals surface area (Å²) in [6.07, 6.45) is 1.78. The van der Waals surface area contributed by atoms with Gasteiger partial charge in [-0.2, -0.15) is 0 Å².